The highest BCUT2D eigenvalue weighted by atomic mass is 32.2. The fraction of sp³-hybridized carbons (Fsp3) is 0.429. The molecule has 0 bridgehead atoms. The van der Waals surface area contributed by atoms with Gasteiger partial charge in [-0.15, -0.1) is 11.8 Å². The van der Waals surface area contributed by atoms with E-state index in [-0.39, 0.29) is 11.7 Å². The summed E-state index contributed by atoms with van der Waals surface area (Å²) in [4.78, 5) is 23.8. The first-order chi connectivity index (χ1) is 9.52. The van der Waals surface area contributed by atoms with Gasteiger partial charge in [0.25, 0.3) is 0 Å². The van der Waals surface area contributed by atoms with Crippen molar-refractivity contribution < 1.29 is 14.7 Å². The second-order valence-electron chi connectivity index (χ2n) is 4.34. The number of thioether (sulfide) groups is 2. The van der Waals surface area contributed by atoms with E-state index in [1.165, 1.54) is 17.3 Å². The Kier molecular flexibility index (Phi) is 7.54. The lowest BCUT2D eigenvalue weighted by atomic mass is 10.2. The molecule has 0 spiro atoms. The van der Waals surface area contributed by atoms with Crippen LogP contribution in [0.5, 0.6) is 0 Å². The minimum atomic E-state index is -0.979. The van der Waals surface area contributed by atoms with Gasteiger partial charge in [0.2, 0.25) is 5.91 Å². The molecule has 0 unspecified atom stereocenters. The number of hydrogen-bond acceptors (Lipinski definition) is 4. The van der Waals surface area contributed by atoms with Gasteiger partial charge in [-0.1, -0.05) is 17.7 Å². The summed E-state index contributed by atoms with van der Waals surface area (Å²) in [5, 5.41) is 11.6. The lowest BCUT2D eigenvalue weighted by molar-refractivity contribution is -0.141. The Morgan fingerprint density at radius 3 is 2.50 bits per heavy atom. The lowest BCUT2D eigenvalue weighted by Gasteiger charge is -2.13. The molecule has 0 saturated heterocycles. The van der Waals surface area contributed by atoms with Crippen LogP contribution in [0.1, 0.15) is 12.0 Å². The summed E-state index contributed by atoms with van der Waals surface area (Å²) in [6, 6.07) is 7.08. The van der Waals surface area contributed by atoms with Crippen molar-refractivity contribution >= 4 is 35.4 Å². The molecule has 6 heteroatoms. The van der Waals surface area contributed by atoms with Gasteiger partial charge in [0.05, 0.1) is 5.75 Å². The summed E-state index contributed by atoms with van der Waals surface area (Å²) in [5.74, 6) is -0.286. The SMILES string of the molecule is CSCC[C@H](NC(=O)CSc1ccc(C)cc1)C(=O)O. The van der Waals surface area contributed by atoms with Crippen molar-refractivity contribution in [1.29, 1.82) is 0 Å². The molecule has 0 aliphatic carbocycles. The quantitative estimate of drug-likeness (QED) is 0.722. The molecule has 0 aliphatic rings. The Labute approximate surface area is 127 Å². The standard InChI is InChI=1S/C14H19NO3S2/c1-10-3-5-11(6-4-10)20-9-13(16)15-12(14(17)18)7-8-19-2/h3-6,12H,7-9H2,1-2H3,(H,15,16)(H,17,18)/t12-/m0/s1. The predicted molar refractivity (Wildman–Crippen MR) is 84.5 cm³/mol. The number of nitrogens with one attached hydrogen (secondary N) is 1. The first-order valence-electron chi connectivity index (χ1n) is 6.23. The van der Waals surface area contributed by atoms with Gasteiger partial charge >= 0.3 is 5.97 Å². The highest BCUT2D eigenvalue weighted by Gasteiger charge is 2.19. The van der Waals surface area contributed by atoms with Gasteiger partial charge in [-0.2, -0.15) is 11.8 Å². The van der Waals surface area contributed by atoms with Crippen LogP contribution in [0.4, 0.5) is 0 Å². The van der Waals surface area contributed by atoms with Gasteiger partial charge < -0.3 is 10.4 Å². The predicted octanol–water partition coefficient (Wildman–Crippen LogP) is 2.41. The van der Waals surface area contributed by atoms with Crippen LogP contribution in [-0.2, 0) is 9.59 Å². The van der Waals surface area contributed by atoms with Crippen molar-refractivity contribution in [2.45, 2.75) is 24.3 Å². The van der Waals surface area contributed by atoms with E-state index in [1.807, 2.05) is 37.4 Å². The Bertz CT molecular complexity index is 448. The Morgan fingerprint density at radius 2 is 1.95 bits per heavy atom. The zero-order valence-electron chi connectivity index (χ0n) is 11.6. The average Bonchev–Trinajstić information content (AvgIpc) is 2.42. The van der Waals surface area contributed by atoms with E-state index < -0.39 is 12.0 Å². The van der Waals surface area contributed by atoms with E-state index in [0.29, 0.717) is 12.2 Å². The third-order valence-electron chi connectivity index (χ3n) is 2.63. The number of amides is 1. The lowest BCUT2D eigenvalue weighted by Crippen LogP contribution is -2.42. The first-order valence-corrected chi connectivity index (χ1v) is 8.61. The molecule has 0 heterocycles. The van der Waals surface area contributed by atoms with Crippen molar-refractivity contribution in [2.75, 3.05) is 17.8 Å². The Balaban J connectivity index is 2.41. The highest BCUT2D eigenvalue weighted by Crippen LogP contribution is 2.17. The minimum absolute atomic E-state index is 0.228. The molecule has 0 aromatic heterocycles. The molecule has 4 nitrogen and oxygen atoms in total. The van der Waals surface area contributed by atoms with Gasteiger partial charge in [-0.05, 0) is 37.5 Å². The number of rotatable bonds is 8. The maximum Gasteiger partial charge on any atom is 0.326 e. The molecule has 0 radical (unpaired) electrons. The summed E-state index contributed by atoms with van der Waals surface area (Å²) in [7, 11) is 0. The molecule has 1 rings (SSSR count). The van der Waals surface area contributed by atoms with E-state index in [0.717, 1.165) is 4.90 Å². The molecular formula is C14H19NO3S2. The normalized spacial score (nSPS) is 11.9. The number of carbonyl (C=O) groups excluding carboxylic acids is 1. The molecule has 1 aromatic rings. The number of benzene rings is 1. The number of aliphatic carboxylic acids is 1. The van der Waals surface area contributed by atoms with Crippen molar-refractivity contribution in [3.05, 3.63) is 29.8 Å². The zero-order valence-corrected chi connectivity index (χ0v) is 13.2. The summed E-state index contributed by atoms with van der Waals surface area (Å²) >= 11 is 2.97. The highest BCUT2D eigenvalue weighted by molar-refractivity contribution is 8.00. The van der Waals surface area contributed by atoms with Crippen molar-refractivity contribution in [3.63, 3.8) is 0 Å². The smallest absolute Gasteiger partial charge is 0.326 e. The summed E-state index contributed by atoms with van der Waals surface area (Å²) in [6.45, 7) is 2.00. The Morgan fingerprint density at radius 1 is 1.30 bits per heavy atom. The van der Waals surface area contributed by atoms with Crippen LogP contribution >= 0.6 is 23.5 Å². The molecule has 1 amide bonds. The number of carboxylic acids is 1. The van der Waals surface area contributed by atoms with E-state index in [1.54, 1.807) is 11.8 Å². The second-order valence-corrected chi connectivity index (χ2v) is 6.38. The largest absolute Gasteiger partial charge is 0.480 e. The van der Waals surface area contributed by atoms with Crippen LogP contribution in [0.15, 0.2) is 29.2 Å². The van der Waals surface area contributed by atoms with Crippen LogP contribution in [0.2, 0.25) is 0 Å². The van der Waals surface area contributed by atoms with Gasteiger partial charge in [-0.25, -0.2) is 4.79 Å². The van der Waals surface area contributed by atoms with Gasteiger partial charge in [-0.3, -0.25) is 4.79 Å². The molecule has 1 aromatic carbocycles. The number of carbonyl (C=O) groups is 2. The maximum atomic E-state index is 11.8. The third-order valence-corrected chi connectivity index (χ3v) is 4.29. The van der Waals surface area contributed by atoms with E-state index in [9.17, 15) is 9.59 Å². The van der Waals surface area contributed by atoms with Crippen LogP contribution in [0.3, 0.4) is 0 Å². The molecular weight excluding hydrogens is 294 g/mol. The second kappa shape index (κ2) is 8.92. The van der Waals surface area contributed by atoms with E-state index >= 15 is 0 Å². The molecule has 110 valence electrons. The summed E-state index contributed by atoms with van der Waals surface area (Å²) in [5.41, 5.74) is 1.17. The van der Waals surface area contributed by atoms with Crippen LogP contribution in [0, 0.1) is 6.92 Å². The van der Waals surface area contributed by atoms with Crippen LogP contribution in [-0.4, -0.2) is 40.8 Å². The zero-order chi connectivity index (χ0) is 15.0. The number of aryl methyl sites for hydroxylation is 1. The van der Waals surface area contributed by atoms with Crippen LogP contribution < -0.4 is 5.32 Å². The maximum absolute atomic E-state index is 11.8. The van der Waals surface area contributed by atoms with E-state index in [2.05, 4.69) is 5.32 Å². The molecule has 2 N–H and O–H groups in total. The first kappa shape index (κ1) is 16.9. The van der Waals surface area contributed by atoms with Gasteiger partial charge in [0.15, 0.2) is 0 Å². The Hall–Kier alpha value is -1.14. The van der Waals surface area contributed by atoms with Crippen LogP contribution in [0.25, 0.3) is 0 Å². The van der Waals surface area contributed by atoms with Gasteiger partial charge in [0, 0.05) is 4.90 Å². The number of hydrogen-bond donors (Lipinski definition) is 2. The summed E-state index contributed by atoms with van der Waals surface area (Å²) < 4.78 is 0. The fourth-order valence-corrected chi connectivity index (χ4v) is 2.69. The fourth-order valence-electron chi connectivity index (χ4n) is 1.51. The molecule has 0 saturated carbocycles. The topological polar surface area (TPSA) is 66.4 Å². The monoisotopic (exact) mass is 313 g/mol. The molecule has 20 heavy (non-hydrogen) atoms. The minimum Gasteiger partial charge on any atom is -0.480 e. The summed E-state index contributed by atoms with van der Waals surface area (Å²) in [6.07, 6.45) is 2.35. The van der Waals surface area contributed by atoms with E-state index in [4.69, 9.17) is 5.11 Å². The van der Waals surface area contributed by atoms with Gasteiger partial charge in [0.1, 0.15) is 6.04 Å². The van der Waals surface area contributed by atoms with Crippen molar-refractivity contribution in [1.82, 2.24) is 5.32 Å². The molecule has 0 aliphatic heterocycles. The third kappa shape index (κ3) is 6.34. The van der Waals surface area contributed by atoms with Crippen molar-refractivity contribution in [2.24, 2.45) is 0 Å². The average molecular weight is 313 g/mol. The molecule has 0 fully saturated rings. The van der Waals surface area contributed by atoms with Crippen molar-refractivity contribution in [3.8, 4) is 0 Å². The number of carboxylic acid groups (broad SMARTS) is 1. The molecule has 1 atom stereocenters.